The summed E-state index contributed by atoms with van der Waals surface area (Å²) in [6.45, 7) is 7.53. The number of aromatic nitrogens is 4. The summed E-state index contributed by atoms with van der Waals surface area (Å²) >= 11 is 16.9. The van der Waals surface area contributed by atoms with Crippen molar-refractivity contribution in [1.29, 1.82) is 0 Å². The molecule has 178 valence electrons. The van der Waals surface area contributed by atoms with Gasteiger partial charge in [0.25, 0.3) is 0 Å². The van der Waals surface area contributed by atoms with E-state index in [1.54, 1.807) is 17.1 Å². The topological polar surface area (TPSA) is 92.4 Å². The molecule has 1 unspecified atom stereocenters. The Balaban J connectivity index is 1.68. The zero-order valence-corrected chi connectivity index (χ0v) is 20.6. The van der Waals surface area contributed by atoms with Crippen LogP contribution in [0.25, 0.3) is 5.82 Å². The first-order valence-corrected chi connectivity index (χ1v) is 11.5. The molecule has 1 saturated heterocycles. The Hall–Kier alpha value is -1.52. The SMILES string of the molecule is CC(C)(C)c1cc(NC(=O)OCC(Cl)(Cl)Cl)n(-c2cn(CCOC3CCCCO3)cn2)n1. The van der Waals surface area contributed by atoms with Gasteiger partial charge in [-0.05, 0) is 19.3 Å². The molecular weight excluding hydrogens is 481 g/mol. The van der Waals surface area contributed by atoms with Crippen LogP contribution in [0.4, 0.5) is 10.6 Å². The van der Waals surface area contributed by atoms with Crippen molar-refractivity contribution in [1.82, 2.24) is 19.3 Å². The molecule has 0 radical (unpaired) electrons. The third kappa shape index (κ3) is 7.52. The van der Waals surface area contributed by atoms with E-state index < -0.39 is 9.89 Å². The number of rotatable bonds is 7. The molecule has 1 atom stereocenters. The Bertz CT molecular complexity index is 898. The van der Waals surface area contributed by atoms with E-state index in [1.165, 1.54) is 0 Å². The third-order valence-corrected chi connectivity index (χ3v) is 5.03. The van der Waals surface area contributed by atoms with Crippen LogP contribution in [0.5, 0.6) is 0 Å². The third-order valence-electron chi connectivity index (χ3n) is 4.70. The number of hydrogen-bond donors (Lipinski definition) is 1. The van der Waals surface area contributed by atoms with E-state index in [-0.39, 0.29) is 18.3 Å². The number of carbonyl (C=O) groups excluding carboxylic acids is 1. The lowest BCUT2D eigenvalue weighted by molar-refractivity contribution is -0.163. The molecule has 0 saturated carbocycles. The molecule has 3 heterocycles. The van der Waals surface area contributed by atoms with Crippen LogP contribution >= 0.6 is 34.8 Å². The van der Waals surface area contributed by atoms with Crippen LogP contribution in [0.15, 0.2) is 18.6 Å². The van der Waals surface area contributed by atoms with E-state index in [0.717, 1.165) is 31.6 Å². The van der Waals surface area contributed by atoms with Crippen molar-refractivity contribution in [3.05, 3.63) is 24.3 Å². The summed E-state index contributed by atoms with van der Waals surface area (Å²) in [5.41, 5.74) is 0.515. The van der Waals surface area contributed by atoms with E-state index in [2.05, 4.69) is 15.4 Å². The molecule has 2 aromatic rings. The highest BCUT2D eigenvalue weighted by Crippen LogP contribution is 2.28. The van der Waals surface area contributed by atoms with Crippen molar-refractivity contribution < 1.29 is 19.0 Å². The Morgan fingerprint density at radius 2 is 2.09 bits per heavy atom. The zero-order chi connectivity index (χ0) is 23.4. The van der Waals surface area contributed by atoms with Gasteiger partial charge < -0.3 is 18.8 Å². The van der Waals surface area contributed by atoms with Crippen LogP contribution in [0.3, 0.4) is 0 Å². The minimum absolute atomic E-state index is 0.137. The van der Waals surface area contributed by atoms with Gasteiger partial charge in [-0.2, -0.15) is 9.78 Å². The number of nitrogens with zero attached hydrogens (tertiary/aromatic N) is 4. The molecule has 1 amide bonds. The molecular formula is C20H28Cl3N5O4. The van der Waals surface area contributed by atoms with Crippen molar-refractivity contribution in [2.75, 3.05) is 25.1 Å². The largest absolute Gasteiger partial charge is 0.445 e. The predicted octanol–water partition coefficient (Wildman–Crippen LogP) is 4.83. The Labute approximate surface area is 202 Å². The quantitative estimate of drug-likeness (QED) is 0.539. The smallest absolute Gasteiger partial charge is 0.412 e. The second-order valence-electron chi connectivity index (χ2n) is 8.53. The summed E-state index contributed by atoms with van der Waals surface area (Å²) in [6.07, 6.45) is 5.72. The highest BCUT2D eigenvalue weighted by atomic mass is 35.6. The summed E-state index contributed by atoms with van der Waals surface area (Å²) in [5, 5.41) is 7.26. The molecule has 3 rings (SSSR count). The molecule has 12 heteroatoms. The van der Waals surface area contributed by atoms with Gasteiger partial charge in [-0.3, -0.25) is 5.32 Å². The molecule has 1 N–H and O–H groups in total. The minimum atomic E-state index is -1.70. The highest BCUT2D eigenvalue weighted by molar-refractivity contribution is 6.67. The van der Waals surface area contributed by atoms with E-state index in [4.69, 9.17) is 49.0 Å². The number of halogens is 3. The predicted molar refractivity (Wildman–Crippen MR) is 123 cm³/mol. The normalized spacial score (nSPS) is 17.4. The van der Waals surface area contributed by atoms with Crippen LogP contribution < -0.4 is 5.32 Å². The summed E-state index contributed by atoms with van der Waals surface area (Å²) in [7, 11) is 0. The lowest BCUT2D eigenvalue weighted by atomic mass is 9.92. The number of hydrogen-bond acceptors (Lipinski definition) is 6. The summed E-state index contributed by atoms with van der Waals surface area (Å²) < 4.78 is 18.1. The summed E-state index contributed by atoms with van der Waals surface area (Å²) in [6, 6.07) is 1.76. The molecule has 1 fully saturated rings. The van der Waals surface area contributed by atoms with Crippen molar-refractivity contribution >= 4 is 46.7 Å². The monoisotopic (exact) mass is 507 g/mol. The number of nitrogens with one attached hydrogen (secondary N) is 1. The number of alkyl halides is 3. The summed E-state index contributed by atoms with van der Waals surface area (Å²) in [4.78, 5) is 16.6. The maximum absolute atomic E-state index is 12.2. The molecule has 0 bridgehead atoms. The van der Waals surface area contributed by atoms with Crippen LogP contribution in [-0.4, -0.2) is 55.3 Å². The second kappa shape index (κ2) is 10.6. The van der Waals surface area contributed by atoms with Gasteiger partial charge in [-0.15, -0.1) is 0 Å². The fourth-order valence-corrected chi connectivity index (χ4v) is 3.18. The average Bonchev–Trinajstić information content (AvgIpc) is 3.33. The van der Waals surface area contributed by atoms with Gasteiger partial charge in [-0.1, -0.05) is 55.6 Å². The molecule has 32 heavy (non-hydrogen) atoms. The molecule has 1 aliphatic heterocycles. The second-order valence-corrected chi connectivity index (χ2v) is 11.0. The number of amides is 1. The van der Waals surface area contributed by atoms with Crippen LogP contribution in [0.1, 0.15) is 45.7 Å². The van der Waals surface area contributed by atoms with E-state index in [0.29, 0.717) is 24.8 Å². The molecule has 1 aliphatic rings. The van der Waals surface area contributed by atoms with Crippen molar-refractivity contribution in [3.8, 4) is 5.82 Å². The van der Waals surface area contributed by atoms with Crippen molar-refractivity contribution in [2.45, 2.75) is 62.1 Å². The van der Waals surface area contributed by atoms with Crippen molar-refractivity contribution in [3.63, 3.8) is 0 Å². The first-order valence-electron chi connectivity index (χ1n) is 10.4. The number of carbonyl (C=O) groups is 1. The maximum atomic E-state index is 12.2. The Morgan fingerprint density at radius 1 is 1.31 bits per heavy atom. The van der Waals surface area contributed by atoms with Gasteiger partial charge in [0.05, 0.1) is 18.6 Å². The molecule has 0 spiro atoms. The molecule has 0 aromatic carbocycles. The number of imidazole rings is 1. The van der Waals surface area contributed by atoms with Gasteiger partial charge in [0.1, 0.15) is 12.4 Å². The fourth-order valence-electron chi connectivity index (χ4n) is 3.01. The number of anilines is 1. The first kappa shape index (κ1) is 25.1. The molecule has 9 nitrogen and oxygen atoms in total. The van der Waals surface area contributed by atoms with Gasteiger partial charge in [0, 0.05) is 30.8 Å². The lowest BCUT2D eigenvalue weighted by Gasteiger charge is -2.22. The highest BCUT2D eigenvalue weighted by Gasteiger charge is 2.25. The molecule has 0 aliphatic carbocycles. The summed E-state index contributed by atoms with van der Waals surface area (Å²) in [5.74, 6) is 0.924. The minimum Gasteiger partial charge on any atom is -0.445 e. The molecule has 2 aromatic heterocycles. The first-order chi connectivity index (χ1) is 15.0. The Kier molecular flexibility index (Phi) is 8.32. The van der Waals surface area contributed by atoms with Crippen LogP contribution in [-0.2, 0) is 26.2 Å². The van der Waals surface area contributed by atoms with Crippen LogP contribution in [0, 0.1) is 0 Å². The van der Waals surface area contributed by atoms with Gasteiger partial charge in [0.2, 0.25) is 3.79 Å². The Morgan fingerprint density at radius 3 is 2.75 bits per heavy atom. The van der Waals surface area contributed by atoms with Gasteiger partial charge >= 0.3 is 6.09 Å². The average molecular weight is 509 g/mol. The van der Waals surface area contributed by atoms with Gasteiger partial charge in [-0.25, -0.2) is 9.78 Å². The standard InChI is InChI=1S/C20H28Cl3N5O4/c1-19(2,3)14-10-15(25-18(29)32-12-20(21,22)23)28(26-14)16-11-27(13-24-16)7-9-31-17-6-4-5-8-30-17/h10-11,13,17H,4-9,12H2,1-3H3,(H,25,29). The van der Waals surface area contributed by atoms with E-state index >= 15 is 0 Å². The zero-order valence-electron chi connectivity index (χ0n) is 18.3. The van der Waals surface area contributed by atoms with E-state index in [1.807, 2.05) is 31.5 Å². The van der Waals surface area contributed by atoms with Crippen molar-refractivity contribution in [2.24, 2.45) is 0 Å². The number of ether oxygens (including phenoxy) is 3. The van der Waals surface area contributed by atoms with Crippen LogP contribution in [0.2, 0.25) is 0 Å². The maximum Gasteiger partial charge on any atom is 0.412 e. The van der Waals surface area contributed by atoms with E-state index in [9.17, 15) is 4.79 Å². The lowest BCUT2D eigenvalue weighted by Crippen LogP contribution is -2.23. The fraction of sp³-hybridized carbons (Fsp3) is 0.650. The van der Waals surface area contributed by atoms with Gasteiger partial charge in [0.15, 0.2) is 12.1 Å².